The molecule has 0 saturated carbocycles. The van der Waals surface area contributed by atoms with E-state index in [1.165, 1.54) is 31.8 Å². The maximum Gasteiger partial charge on any atom is 0.330 e. The second kappa shape index (κ2) is 12.0. The summed E-state index contributed by atoms with van der Waals surface area (Å²) in [5.74, 6) is -0.259. The summed E-state index contributed by atoms with van der Waals surface area (Å²) in [4.78, 5) is 11.5. The molecule has 0 aliphatic rings. The third-order valence-corrected chi connectivity index (χ3v) is 3.26. The van der Waals surface area contributed by atoms with E-state index in [9.17, 15) is 4.79 Å². The molecule has 21 heavy (non-hydrogen) atoms. The lowest BCUT2D eigenvalue weighted by atomic mass is 10.1. The molecule has 0 aliphatic heterocycles. The second-order valence-corrected chi connectivity index (χ2v) is 5.11. The molecule has 0 heterocycles. The predicted molar refractivity (Wildman–Crippen MR) is 89.0 cm³/mol. The molecule has 0 spiro atoms. The van der Waals surface area contributed by atoms with E-state index in [0.717, 1.165) is 24.8 Å². The van der Waals surface area contributed by atoms with Crippen molar-refractivity contribution in [1.82, 2.24) is 0 Å². The Hall–Kier alpha value is -1.83. The van der Waals surface area contributed by atoms with Crippen molar-refractivity contribution in [3.63, 3.8) is 0 Å². The van der Waals surface area contributed by atoms with E-state index in [-0.39, 0.29) is 5.97 Å². The topological polar surface area (TPSA) is 26.3 Å². The minimum Gasteiger partial charge on any atom is -0.463 e. The van der Waals surface area contributed by atoms with Gasteiger partial charge in [-0.25, -0.2) is 4.79 Å². The number of hydrogen-bond donors (Lipinski definition) is 0. The fourth-order valence-corrected chi connectivity index (χ4v) is 2.05. The number of ether oxygens (including phenoxy) is 1. The van der Waals surface area contributed by atoms with E-state index in [1.807, 2.05) is 36.4 Å². The van der Waals surface area contributed by atoms with Gasteiger partial charge in [0.05, 0.1) is 6.61 Å². The van der Waals surface area contributed by atoms with Crippen molar-refractivity contribution in [2.45, 2.75) is 44.9 Å². The first-order chi connectivity index (χ1) is 10.3. The van der Waals surface area contributed by atoms with Crippen LogP contribution in [0.5, 0.6) is 0 Å². The highest BCUT2D eigenvalue weighted by Gasteiger charge is 1.97. The quantitative estimate of drug-likeness (QED) is 0.243. The number of rotatable bonds is 11. The Kier molecular flexibility index (Phi) is 9.80. The Morgan fingerprint density at radius 3 is 2.38 bits per heavy atom. The fourth-order valence-electron chi connectivity index (χ4n) is 2.05. The molecule has 0 bridgehead atoms. The third-order valence-electron chi connectivity index (χ3n) is 3.26. The highest BCUT2D eigenvalue weighted by molar-refractivity contribution is 5.86. The molecule has 1 aromatic rings. The number of hydrogen-bond acceptors (Lipinski definition) is 2. The molecule has 0 unspecified atom stereocenters. The van der Waals surface area contributed by atoms with Gasteiger partial charge in [-0.1, -0.05) is 62.1 Å². The lowest BCUT2D eigenvalue weighted by Crippen LogP contribution is -2.02. The van der Waals surface area contributed by atoms with E-state index in [4.69, 9.17) is 4.74 Å². The molecular weight excluding hydrogens is 260 g/mol. The van der Waals surface area contributed by atoms with Gasteiger partial charge < -0.3 is 4.74 Å². The Labute approximate surface area is 128 Å². The van der Waals surface area contributed by atoms with Crippen molar-refractivity contribution in [2.24, 2.45) is 0 Å². The maximum absolute atomic E-state index is 11.5. The molecule has 1 aromatic carbocycles. The first-order valence-corrected chi connectivity index (χ1v) is 7.83. The molecule has 1 rings (SSSR count). The first-order valence-electron chi connectivity index (χ1n) is 7.83. The Balaban J connectivity index is 1.99. The number of carbonyl (C=O) groups is 1. The summed E-state index contributed by atoms with van der Waals surface area (Å²) >= 11 is 0. The fraction of sp³-hybridized carbons (Fsp3) is 0.421. The zero-order valence-electron chi connectivity index (χ0n) is 12.8. The van der Waals surface area contributed by atoms with Gasteiger partial charge in [-0.05, 0) is 30.9 Å². The molecule has 0 N–H and O–H groups in total. The first kappa shape index (κ1) is 17.2. The summed E-state index contributed by atoms with van der Waals surface area (Å²) in [5, 5.41) is 0. The molecule has 0 atom stereocenters. The molecule has 114 valence electrons. The predicted octanol–water partition coefficient (Wildman–Crippen LogP) is 5.16. The van der Waals surface area contributed by atoms with Gasteiger partial charge in [-0.3, -0.25) is 0 Å². The van der Waals surface area contributed by atoms with Crippen molar-refractivity contribution in [3.8, 4) is 0 Å². The molecule has 2 heteroatoms. The van der Waals surface area contributed by atoms with Gasteiger partial charge >= 0.3 is 5.97 Å². The van der Waals surface area contributed by atoms with Gasteiger partial charge in [0.2, 0.25) is 0 Å². The van der Waals surface area contributed by atoms with Crippen LogP contribution in [0.25, 0.3) is 6.08 Å². The maximum atomic E-state index is 11.5. The Morgan fingerprint density at radius 1 is 1.00 bits per heavy atom. The molecule has 0 saturated heterocycles. The van der Waals surface area contributed by atoms with Crippen LogP contribution in [-0.4, -0.2) is 12.6 Å². The van der Waals surface area contributed by atoms with Crippen LogP contribution in [0.2, 0.25) is 0 Å². The van der Waals surface area contributed by atoms with E-state index in [1.54, 1.807) is 6.08 Å². The summed E-state index contributed by atoms with van der Waals surface area (Å²) in [6.07, 6.45) is 13.4. The highest BCUT2D eigenvalue weighted by Crippen LogP contribution is 2.07. The van der Waals surface area contributed by atoms with Crippen LogP contribution in [0.1, 0.15) is 50.5 Å². The van der Waals surface area contributed by atoms with Gasteiger partial charge in [0.25, 0.3) is 0 Å². The van der Waals surface area contributed by atoms with Crippen LogP contribution in [0.4, 0.5) is 0 Å². The summed E-state index contributed by atoms with van der Waals surface area (Å²) in [6.45, 7) is 4.23. The molecular formula is C19H26O2. The van der Waals surface area contributed by atoms with E-state index in [0.29, 0.717) is 6.61 Å². The van der Waals surface area contributed by atoms with Crippen molar-refractivity contribution >= 4 is 12.0 Å². The van der Waals surface area contributed by atoms with Gasteiger partial charge in [0.1, 0.15) is 0 Å². The van der Waals surface area contributed by atoms with Crippen molar-refractivity contribution < 1.29 is 9.53 Å². The SMILES string of the molecule is C=CCCCCCCCCOC(=O)/C=C/c1ccccc1. The average molecular weight is 286 g/mol. The van der Waals surface area contributed by atoms with Gasteiger partial charge in [0, 0.05) is 6.08 Å². The average Bonchev–Trinajstić information content (AvgIpc) is 2.52. The van der Waals surface area contributed by atoms with E-state index < -0.39 is 0 Å². The summed E-state index contributed by atoms with van der Waals surface area (Å²) in [6, 6.07) is 9.75. The Bertz CT molecular complexity index is 420. The molecule has 0 aliphatic carbocycles. The Morgan fingerprint density at radius 2 is 1.67 bits per heavy atom. The van der Waals surface area contributed by atoms with Crippen LogP contribution < -0.4 is 0 Å². The molecule has 0 fully saturated rings. The normalized spacial score (nSPS) is 10.7. The van der Waals surface area contributed by atoms with E-state index >= 15 is 0 Å². The van der Waals surface area contributed by atoms with Crippen molar-refractivity contribution in [2.75, 3.05) is 6.61 Å². The molecule has 0 aromatic heterocycles. The number of benzene rings is 1. The second-order valence-electron chi connectivity index (χ2n) is 5.11. The lowest BCUT2D eigenvalue weighted by Gasteiger charge is -2.02. The summed E-state index contributed by atoms with van der Waals surface area (Å²) < 4.78 is 5.17. The summed E-state index contributed by atoms with van der Waals surface area (Å²) in [7, 11) is 0. The monoisotopic (exact) mass is 286 g/mol. The summed E-state index contributed by atoms with van der Waals surface area (Å²) in [5.41, 5.74) is 1.01. The van der Waals surface area contributed by atoms with Crippen LogP contribution >= 0.6 is 0 Å². The minimum absolute atomic E-state index is 0.259. The van der Waals surface area contributed by atoms with Crippen LogP contribution in [0.3, 0.4) is 0 Å². The lowest BCUT2D eigenvalue weighted by molar-refractivity contribution is -0.137. The zero-order chi connectivity index (χ0) is 15.2. The number of esters is 1. The number of carbonyl (C=O) groups excluding carboxylic acids is 1. The minimum atomic E-state index is -0.259. The van der Waals surface area contributed by atoms with E-state index in [2.05, 4.69) is 6.58 Å². The van der Waals surface area contributed by atoms with Gasteiger partial charge in [0.15, 0.2) is 0 Å². The number of unbranched alkanes of at least 4 members (excludes halogenated alkanes) is 6. The van der Waals surface area contributed by atoms with Crippen LogP contribution in [0, 0.1) is 0 Å². The smallest absolute Gasteiger partial charge is 0.330 e. The number of allylic oxidation sites excluding steroid dienone is 1. The van der Waals surface area contributed by atoms with Crippen LogP contribution in [-0.2, 0) is 9.53 Å². The molecule has 2 nitrogen and oxygen atoms in total. The standard InChI is InChI=1S/C19H26O2/c1-2-3-4-5-6-7-8-12-17-21-19(20)16-15-18-13-10-9-11-14-18/h2,9-11,13-16H,1,3-8,12,17H2/b16-15+. The van der Waals surface area contributed by atoms with Crippen LogP contribution in [0.15, 0.2) is 49.1 Å². The highest BCUT2D eigenvalue weighted by atomic mass is 16.5. The van der Waals surface area contributed by atoms with Crippen molar-refractivity contribution in [3.05, 3.63) is 54.6 Å². The van der Waals surface area contributed by atoms with Gasteiger partial charge in [-0.15, -0.1) is 6.58 Å². The van der Waals surface area contributed by atoms with Gasteiger partial charge in [-0.2, -0.15) is 0 Å². The molecule has 0 amide bonds. The largest absolute Gasteiger partial charge is 0.463 e. The molecule has 0 radical (unpaired) electrons. The third kappa shape index (κ3) is 9.67. The van der Waals surface area contributed by atoms with Crippen molar-refractivity contribution in [1.29, 1.82) is 0 Å². The zero-order valence-corrected chi connectivity index (χ0v) is 12.8.